The topological polar surface area (TPSA) is 29.5 Å². The SMILES string of the molecule is CCCC(F)OC(F)CCC.OC(I)CCI. The molecule has 0 aliphatic carbocycles. The Morgan fingerprint density at radius 2 is 1.47 bits per heavy atom. The molecule has 106 valence electrons. The molecule has 0 aliphatic heterocycles. The maximum Gasteiger partial charge on any atom is 0.201 e. The molecule has 0 aromatic heterocycles. The van der Waals surface area contributed by atoms with E-state index >= 15 is 0 Å². The van der Waals surface area contributed by atoms with Crippen LogP contribution in [-0.2, 0) is 4.74 Å². The molecular weight excluding hydrogens is 456 g/mol. The van der Waals surface area contributed by atoms with E-state index in [0.717, 1.165) is 10.8 Å². The lowest BCUT2D eigenvalue weighted by Crippen LogP contribution is -2.14. The quantitative estimate of drug-likeness (QED) is 0.403. The molecule has 0 saturated heterocycles. The summed E-state index contributed by atoms with van der Waals surface area (Å²) < 4.78 is 30.3. The third-order valence-corrected chi connectivity index (χ3v) is 2.92. The Balaban J connectivity index is 0. The van der Waals surface area contributed by atoms with Crippen LogP contribution in [0.2, 0.25) is 0 Å². The van der Waals surface area contributed by atoms with Crippen molar-refractivity contribution >= 4 is 45.2 Å². The lowest BCUT2D eigenvalue weighted by atomic mass is 10.3. The van der Waals surface area contributed by atoms with Crippen molar-refractivity contribution in [1.29, 1.82) is 0 Å². The second-order valence-corrected chi connectivity index (χ2v) is 5.96. The number of hydrogen-bond acceptors (Lipinski definition) is 2. The summed E-state index contributed by atoms with van der Waals surface area (Å²) in [7, 11) is 0. The highest BCUT2D eigenvalue weighted by atomic mass is 127. The molecule has 0 aromatic rings. The Bertz CT molecular complexity index is 141. The lowest BCUT2D eigenvalue weighted by molar-refractivity contribution is -0.144. The normalized spacial score (nSPS) is 15.7. The van der Waals surface area contributed by atoms with E-state index in [1.807, 2.05) is 36.4 Å². The molecule has 0 bridgehead atoms. The van der Waals surface area contributed by atoms with E-state index in [0.29, 0.717) is 12.8 Å². The standard InChI is InChI=1S/C8H16F2O.C3H6I2O/c1-3-5-7(9)11-8(10)6-4-2;4-2-1-3(5)6/h7-8H,3-6H2,1-2H3;3,6H,1-2H2. The average molecular weight is 478 g/mol. The highest BCUT2D eigenvalue weighted by molar-refractivity contribution is 14.1. The Labute approximate surface area is 130 Å². The Morgan fingerprint density at radius 1 is 1.06 bits per heavy atom. The molecule has 2 nitrogen and oxygen atoms in total. The number of aliphatic hydroxyl groups excluding tert-OH is 1. The number of alkyl halides is 4. The molecule has 0 fully saturated rings. The van der Waals surface area contributed by atoms with Crippen LogP contribution < -0.4 is 0 Å². The van der Waals surface area contributed by atoms with Gasteiger partial charge in [0.1, 0.15) is 4.11 Å². The number of hydrogen-bond donors (Lipinski definition) is 1. The van der Waals surface area contributed by atoms with E-state index in [1.54, 1.807) is 0 Å². The second kappa shape index (κ2) is 15.3. The largest absolute Gasteiger partial charge is 0.383 e. The maximum absolute atomic E-state index is 12.5. The fourth-order valence-corrected chi connectivity index (χ4v) is 2.93. The van der Waals surface area contributed by atoms with Crippen LogP contribution >= 0.6 is 45.2 Å². The molecule has 0 aliphatic rings. The van der Waals surface area contributed by atoms with Gasteiger partial charge in [-0.3, -0.25) is 0 Å². The Morgan fingerprint density at radius 3 is 1.65 bits per heavy atom. The molecule has 0 radical (unpaired) electrons. The molecule has 0 rings (SSSR count). The number of halogens is 4. The zero-order chi connectivity index (χ0) is 13.7. The van der Waals surface area contributed by atoms with Gasteiger partial charge in [-0.25, -0.2) is 8.78 Å². The Kier molecular flexibility index (Phi) is 18.5. The van der Waals surface area contributed by atoms with Crippen molar-refractivity contribution in [3.8, 4) is 0 Å². The van der Waals surface area contributed by atoms with Crippen molar-refractivity contribution in [1.82, 2.24) is 0 Å². The van der Waals surface area contributed by atoms with Crippen LogP contribution in [0.4, 0.5) is 8.78 Å². The average Bonchev–Trinajstić information content (AvgIpc) is 2.18. The molecule has 1 N–H and O–H groups in total. The van der Waals surface area contributed by atoms with E-state index in [2.05, 4.69) is 27.3 Å². The zero-order valence-corrected chi connectivity index (χ0v) is 14.7. The van der Waals surface area contributed by atoms with Gasteiger partial charge in [-0.05, 0) is 6.42 Å². The first-order valence-electron chi connectivity index (χ1n) is 5.79. The van der Waals surface area contributed by atoms with Crippen LogP contribution in [0.15, 0.2) is 0 Å². The summed E-state index contributed by atoms with van der Waals surface area (Å²) in [5, 5.41) is 8.53. The van der Waals surface area contributed by atoms with Crippen LogP contribution in [0.5, 0.6) is 0 Å². The minimum Gasteiger partial charge on any atom is -0.383 e. The van der Waals surface area contributed by atoms with Gasteiger partial charge >= 0.3 is 0 Å². The molecule has 3 atom stereocenters. The molecule has 0 amide bonds. The predicted octanol–water partition coefficient (Wildman–Crippen LogP) is 4.76. The van der Waals surface area contributed by atoms with Crippen molar-refractivity contribution in [3.05, 3.63) is 0 Å². The highest BCUT2D eigenvalue weighted by Crippen LogP contribution is 2.11. The molecular formula is C11H22F2I2O2. The molecule has 0 aromatic carbocycles. The fraction of sp³-hybridized carbons (Fsp3) is 1.00. The van der Waals surface area contributed by atoms with Crippen molar-refractivity contribution in [2.24, 2.45) is 0 Å². The van der Waals surface area contributed by atoms with Crippen LogP contribution in [0.1, 0.15) is 46.0 Å². The van der Waals surface area contributed by atoms with Gasteiger partial charge in [-0.1, -0.05) is 71.9 Å². The third-order valence-electron chi connectivity index (χ3n) is 1.67. The molecule has 0 heterocycles. The van der Waals surface area contributed by atoms with Crippen molar-refractivity contribution in [2.45, 2.75) is 62.8 Å². The zero-order valence-electron chi connectivity index (χ0n) is 10.3. The predicted molar refractivity (Wildman–Crippen MR) is 84.2 cm³/mol. The van der Waals surface area contributed by atoms with Gasteiger partial charge < -0.3 is 9.84 Å². The molecule has 0 saturated carbocycles. The summed E-state index contributed by atoms with van der Waals surface area (Å²) in [5.74, 6) is 0. The number of ether oxygens (including phenoxy) is 1. The minimum atomic E-state index is -1.43. The van der Waals surface area contributed by atoms with Crippen molar-refractivity contribution < 1.29 is 18.6 Å². The summed E-state index contributed by atoms with van der Waals surface area (Å²) in [6.07, 6.45) is -0.0295. The summed E-state index contributed by atoms with van der Waals surface area (Å²) in [6.45, 7) is 3.67. The number of aliphatic hydroxyl groups is 1. The first-order chi connectivity index (χ1) is 7.97. The number of rotatable bonds is 8. The summed E-state index contributed by atoms with van der Waals surface area (Å²) in [4.78, 5) is 0. The van der Waals surface area contributed by atoms with E-state index in [1.165, 1.54) is 0 Å². The van der Waals surface area contributed by atoms with E-state index < -0.39 is 12.7 Å². The lowest BCUT2D eigenvalue weighted by Gasteiger charge is -2.11. The van der Waals surface area contributed by atoms with E-state index in [-0.39, 0.29) is 17.0 Å². The molecule has 6 heteroatoms. The van der Waals surface area contributed by atoms with Gasteiger partial charge in [0, 0.05) is 17.3 Å². The first kappa shape index (κ1) is 20.6. The van der Waals surface area contributed by atoms with E-state index in [4.69, 9.17) is 5.11 Å². The summed E-state index contributed by atoms with van der Waals surface area (Å²) >= 11 is 4.23. The molecule has 17 heavy (non-hydrogen) atoms. The fourth-order valence-electron chi connectivity index (χ4n) is 0.840. The smallest absolute Gasteiger partial charge is 0.201 e. The van der Waals surface area contributed by atoms with Gasteiger partial charge in [0.2, 0.25) is 12.7 Å². The highest BCUT2D eigenvalue weighted by Gasteiger charge is 2.12. The van der Waals surface area contributed by atoms with Gasteiger partial charge in [-0.15, -0.1) is 0 Å². The molecule has 0 spiro atoms. The van der Waals surface area contributed by atoms with Crippen LogP contribution in [0, 0.1) is 0 Å². The van der Waals surface area contributed by atoms with Crippen LogP contribution in [0.3, 0.4) is 0 Å². The summed E-state index contributed by atoms with van der Waals surface area (Å²) in [6, 6.07) is 0. The summed E-state index contributed by atoms with van der Waals surface area (Å²) in [5.41, 5.74) is 0. The van der Waals surface area contributed by atoms with Crippen LogP contribution in [0.25, 0.3) is 0 Å². The van der Waals surface area contributed by atoms with Gasteiger partial charge in [0.25, 0.3) is 0 Å². The second-order valence-electron chi connectivity index (χ2n) is 3.45. The maximum atomic E-state index is 12.5. The van der Waals surface area contributed by atoms with Crippen LogP contribution in [-0.4, -0.2) is 26.4 Å². The van der Waals surface area contributed by atoms with Crippen molar-refractivity contribution in [2.75, 3.05) is 4.43 Å². The van der Waals surface area contributed by atoms with Gasteiger partial charge in [0.15, 0.2) is 0 Å². The van der Waals surface area contributed by atoms with Gasteiger partial charge in [0.05, 0.1) is 0 Å². The molecule has 3 unspecified atom stereocenters. The third kappa shape index (κ3) is 19.7. The monoisotopic (exact) mass is 478 g/mol. The Hall–Kier alpha value is 1.24. The van der Waals surface area contributed by atoms with Crippen molar-refractivity contribution in [3.63, 3.8) is 0 Å². The minimum absolute atomic E-state index is 0.139. The first-order valence-corrected chi connectivity index (χ1v) is 8.56. The van der Waals surface area contributed by atoms with Gasteiger partial charge in [-0.2, -0.15) is 0 Å². The van der Waals surface area contributed by atoms with E-state index in [9.17, 15) is 8.78 Å².